The average Bonchev–Trinajstić information content (AvgIpc) is 3.12. The zero-order valence-electron chi connectivity index (χ0n) is 10.6. The van der Waals surface area contributed by atoms with Crippen LogP contribution in [0.2, 0.25) is 0 Å². The Morgan fingerprint density at radius 1 is 1.28 bits per heavy atom. The van der Waals surface area contributed by atoms with Gasteiger partial charge in [-0.15, -0.1) is 5.10 Å². The summed E-state index contributed by atoms with van der Waals surface area (Å²) in [7, 11) is 0. The van der Waals surface area contributed by atoms with Crippen LogP contribution in [0.15, 0.2) is 18.2 Å². The van der Waals surface area contributed by atoms with Crippen LogP contribution in [0.25, 0.3) is 5.69 Å². The molecule has 92 valence electrons. The molecule has 0 aliphatic heterocycles. The third-order valence-electron chi connectivity index (χ3n) is 3.54. The van der Waals surface area contributed by atoms with Crippen molar-refractivity contribution in [1.29, 1.82) is 0 Å². The van der Waals surface area contributed by atoms with Crippen LogP contribution in [0.3, 0.4) is 0 Å². The molecule has 1 heterocycles. The molecular weight excluding hydrogens is 226 g/mol. The number of aromatic nitrogens is 3. The van der Waals surface area contributed by atoms with E-state index in [1.807, 2.05) is 10.7 Å². The predicted molar refractivity (Wildman–Crippen MR) is 68.2 cm³/mol. The fourth-order valence-electron chi connectivity index (χ4n) is 2.17. The van der Waals surface area contributed by atoms with Gasteiger partial charge in [-0.05, 0) is 49.9 Å². The second-order valence-corrected chi connectivity index (χ2v) is 4.93. The lowest BCUT2D eigenvalue weighted by atomic mass is 10.1. The van der Waals surface area contributed by atoms with Crippen LogP contribution < -0.4 is 0 Å². The molecule has 1 aliphatic carbocycles. The largest absolute Gasteiger partial charge is 0.296 e. The summed E-state index contributed by atoms with van der Waals surface area (Å²) >= 11 is 0. The summed E-state index contributed by atoms with van der Waals surface area (Å²) in [5.74, 6) is 0.446. The summed E-state index contributed by atoms with van der Waals surface area (Å²) in [4.78, 5) is 11.0. The number of aldehydes is 1. The highest BCUT2D eigenvalue weighted by molar-refractivity contribution is 5.74. The van der Waals surface area contributed by atoms with E-state index in [0.717, 1.165) is 30.5 Å². The zero-order chi connectivity index (χ0) is 12.7. The molecule has 1 aromatic heterocycles. The maximum Gasteiger partial charge on any atom is 0.172 e. The van der Waals surface area contributed by atoms with Crippen LogP contribution in [-0.2, 0) is 0 Å². The molecule has 4 heteroatoms. The van der Waals surface area contributed by atoms with Crippen molar-refractivity contribution < 1.29 is 4.79 Å². The van der Waals surface area contributed by atoms with Gasteiger partial charge in [0.05, 0.1) is 11.4 Å². The SMILES string of the molecule is Cc1ccc(-n2nnc(C=O)c2C2CC2)cc1C. The van der Waals surface area contributed by atoms with Crippen LogP contribution >= 0.6 is 0 Å². The Kier molecular flexibility index (Phi) is 2.51. The van der Waals surface area contributed by atoms with E-state index in [1.165, 1.54) is 11.1 Å². The van der Waals surface area contributed by atoms with Crippen molar-refractivity contribution >= 4 is 6.29 Å². The predicted octanol–water partition coefficient (Wildman–Crippen LogP) is 2.57. The number of benzene rings is 1. The van der Waals surface area contributed by atoms with Gasteiger partial charge in [-0.1, -0.05) is 11.3 Å². The fraction of sp³-hybridized carbons (Fsp3) is 0.357. The first-order valence-electron chi connectivity index (χ1n) is 6.19. The third kappa shape index (κ3) is 1.74. The molecule has 1 aliphatic rings. The number of rotatable bonds is 3. The van der Waals surface area contributed by atoms with Crippen molar-refractivity contribution in [3.05, 3.63) is 40.7 Å². The number of carbonyl (C=O) groups is 1. The Hall–Kier alpha value is -1.97. The third-order valence-corrected chi connectivity index (χ3v) is 3.54. The number of nitrogens with zero attached hydrogens (tertiary/aromatic N) is 3. The van der Waals surface area contributed by atoms with Gasteiger partial charge in [0.25, 0.3) is 0 Å². The molecular formula is C14H15N3O. The molecule has 0 saturated heterocycles. The van der Waals surface area contributed by atoms with E-state index in [0.29, 0.717) is 11.6 Å². The van der Waals surface area contributed by atoms with Crippen LogP contribution in [-0.4, -0.2) is 21.3 Å². The van der Waals surface area contributed by atoms with Gasteiger partial charge in [0.2, 0.25) is 0 Å². The van der Waals surface area contributed by atoms with Gasteiger partial charge >= 0.3 is 0 Å². The Labute approximate surface area is 106 Å². The smallest absolute Gasteiger partial charge is 0.172 e. The Morgan fingerprint density at radius 3 is 2.67 bits per heavy atom. The van der Waals surface area contributed by atoms with E-state index in [1.54, 1.807) is 0 Å². The van der Waals surface area contributed by atoms with Gasteiger partial charge in [-0.25, -0.2) is 4.68 Å². The monoisotopic (exact) mass is 241 g/mol. The molecule has 18 heavy (non-hydrogen) atoms. The van der Waals surface area contributed by atoms with Crippen molar-refractivity contribution in [2.45, 2.75) is 32.6 Å². The molecule has 2 aromatic rings. The summed E-state index contributed by atoms with van der Waals surface area (Å²) in [6.45, 7) is 4.16. The molecule has 0 unspecified atom stereocenters. The average molecular weight is 241 g/mol. The van der Waals surface area contributed by atoms with E-state index >= 15 is 0 Å². The van der Waals surface area contributed by atoms with Crippen molar-refractivity contribution in [3.8, 4) is 5.69 Å². The number of hydrogen-bond acceptors (Lipinski definition) is 3. The summed E-state index contributed by atoms with van der Waals surface area (Å²) in [5, 5.41) is 8.09. The molecule has 1 saturated carbocycles. The van der Waals surface area contributed by atoms with Gasteiger partial charge in [0, 0.05) is 5.92 Å². The first-order valence-corrected chi connectivity index (χ1v) is 6.19. The van der Waals surface area contributed by atoms with Gasteiger partial charge < -0.3 is 0 Å². The molecule has 0 atom stereocenters. The van der Waals surface area contributed by atoms with Crippen LogP contribution in [0.5, 0.6) is 0 Å². The molecule has 0 spiro atoms. The Morgan fingerprint density at radius 2 is 2.06 bits per heavy atom. The van der Waals surface area contributed by atoms with E-state index in [9.17, 15) is 4.79 Å². The van der Waals surface area contributed by atoms with E-state index in [-0.39, 0.29) is 0 Å². The standard InChI is InChI=1S/C14H15N3O/c1-9-3-6-12(7-10(9)2)17-14(11-4-5-11)13(8-18)15-16-17/h3,6-8,11H,4-5H2,1-2H3. The fourth-order valence-corrected chi connectivity index (χ4v) is 2.17. The molecule has 3 rings (SSSR count). The Bertz CT molecular complexity index is 611. The topological polar surface area (TPSA) is 47.8 Å². The Balaban J connectivity index is 2.13. The van der Waals surface area contributed by atoms with Gasteiger partial charge in [0.1, 0.15) is 5.69 Å². The minimum atomic E-state index is 0.446. The summed E-state index contributed by atoms with van der Waals surface area (Å²) in [5.41, 5.74) is 4.91. The van der Waals surface area contributed by atoms with Crippen LogP contribution in [0.1, 0.15) is 46.1 Å². The van der Waals surface area contributed by atoms with Gasteiger partial charge in [0.15, 0.2) is 6.29 Å². The quantitative estimate of drug-likeness (QED) is 0.776. The maximum atomic E-state index is 11.0. The van der Waals surface area contributed by atoms with Gasteiger partial charge in [-0.3, -0.25) is 4.79 Å². The summed E-state index contributed by atoms with van der Waals surface area (Å²) in [6.07, 6.45) is 3.05. The molecule has 0 bridgehead atoms. The highest BCUT2D eigenvalue weighted by atomic mass is 16.1. The first kappa shape index (κ1) is 11.1. The van der Waals surface area contributed by atoms with Crippen LogP contribution in [0.4, 0.5) is 0 Å². The lowest BCUT2D eigenvalue weighted by molar-refractivity contribution is 0.111. The molecule has 0 amide bonds. The van der Waals surface area contributed by atoms with Crippen molar-refractivity contribution in [1.82, 2.24) is 15.0 Å². The highest BCUT2D eigenvalue weighted by Crippen LogP contribution is 2.41. The molecule has 1 fully saturated rings. The van der Waals surface area contributed by atoms with Crippen LogP contribution in [0, 0.1) is 13.8 Å². The van der Waals surface area contributed by atoms with Crippen molar-refractivity contribution in [2.75, 3.05) is 0 Å². The van der Waals surface area contributed by atoms with Crippen molar-refractivity contribution in [3.63, 3.8) is 0 Å². The molecule has 0 N–H and O–H groups in total. The minimum Gasteiger partial charge on any atom is -0.296 e. The lowest BCUT2D eigenvalue weighted by Crippen LogP contribution is -2.03. The van der Waals surface area contributed by atoms with E-state index in [2.05, 4.69) is 36.3 Å². The minimum absolute atomic E-state index is 0.446. The van der Waals surface area contributed by atoms with Crippen molar-refractivity contribution in [2.24, 2.45) is 0 Å². The molecule has 1 aromatic carbocycles. The normalized spacial score (nSPS) is 14.8. The number of hydrogen-bond donors (Lipinski definition) is 0. The maximum absolute atomic E-state index is 11.0. The second kappa shape index (κ2) is 4.05. The van der Waals surface area contributed by atoms with Gasteiger partial charge in [-0.2, -0.15) is 0 Å². The second-order valence-electron chi connectivity index (χ2n) is 4.93. The highest BCUT2D eigenvalue weighted by Gasteiger charge is 2.31. The summed E-state index contributed by atoms with van der Waals surface area (Å²) in [6, 6.07) is 6.19. The van der Waals surface area contributed by atoms with E-state index in [4.69, 9.17) is 0 Å². The summed E-state index contributed by atoms with van der Waals surface area (Å²) < 4.78 is 1.81. The number of aryl methyl sites for hydroxylation is 2. The van der Waals surface area contributed by atoms with E-state index < -0.39 is 0 Å². The molecule has 4 nitrogen and oxygen atoms in total. The molecule has 0 radical (unpaired) electrons. The number of carbonyl (C=O) groups excluding carboxylic acids is 1. The lowest BCUT2D eigenvalue weighted by Gasteiger charge is -2.08. The zero-order valence-corrected chi connectivity index (χ0v) is 10.6. The first-order chi connectivity index (χ1) is 8.70.